The van der Waals surface area contributed by atoms with Gasteiger partial charge >= 0.3 is 0 Å². The molecule has 112 valence electrons. The van der Waals surface area contributed by atoms with Crippen molar-refractivity contribution >= 4 is 29.1 Å². The maximum absolute atomic E-state index is 12.4. The lowest BCUT2D eigenvalue weighted by molar-refractivity contribution is 0.0582. The first-order valence-corrected chi connectivity index (χ1v) is 7.62. The fraction of sp³-hybridized carbons (Fsp3) is 0.438. The summed E-state index contributed by atoms with van der Waals surface area (Å²) >= 11 is 11.9. The summed E-state index contributed by atoms with van der Waals surface area (Å²) in [5.74, 6) is 2.89. The molecule has 1 aromatic rings. The Labute approximate surface area is 135 Å². The van der Waals surface area contributed by atoms with E-state index in [0.717, 1.165) is 12.8 Å². The molecule has 1 aromatic carbocycles. The van der Waals surface area contributed by atoms with Gasteiger partial charge in [0.25, 0.3) is 5.91 Å². The van der Waals surface area contributed by atoms with E-state index in [1.807, 2.05) is 4.90 Å². The summed E-state index contributed by atoms with van der Waals surface area (Å²) in [6.07, 6.45) is 6.99. The summed E-state index contributed by atoms with van der Waals surface area (Å²) in [6.45, 7) is 2.44. The summed E-state index contributed by atoms with van der Waals surface area (Å²) < 4.78 is 5.36. The van der Waals surface area contributed by atoms with Gasteiger partial charge in [0, 0.05) is 28.7 Å². The van der Waals surface area contributed by atoms with Crippen LogP contribution in [-0.4, -0.2) is 37.1 Å². The number of carbonyl (C=O) groups is 1. The summed E-state index contributed by atoms with van der Waals surface area (Å²) in [5, 5.41) is 0.951. The van der Waals surface area contributed by atoms with Crippen LogP contribution in [0, 0.1) is 18.3 Å². The minimum atomic E-state index is -0.0256. The third-order valence-corrected chi connectivity index (χ3v) is 3.99. The number of benzene rings is 1. The first-order chi connectivity index (χ1) is 10.1. The molecule has 0 saturated carbocycles. The third-order valence-electron chi connectivity index (χ3n) is 3.55. The number of ether oxygens (including phenoxy) is 1. The molecule has 0 atom stereocenters. The Bertz CT molecular complexity index is 525. The lowest BCUT2D eigenvalue weighted by Crippen LogP contribution is -2.39. The van der Waals surface area contributed by atoms with E-state index < -0.39 is 0 Å². The van der Waals surface area contributed by atoms with Gasteiger partial charge in [-0.05, 0) is 37.0 Å². The zero-order chi connectivity index (χ0) is 15.2. The second-order valence-electron chi connectivity index (χ2n) is 5.11. The van der Waals surface area contributed by atoms with Crippen LogP contribution in [0.1, 0.15) is 23.2 Å². The molecule has 1 amide bonds. The highest BCUT2D eigenvalue weighted by Crippen LogP contribution is 2.23. The number of carbonyl (C=O) groups excluding carboxylic acids is 1. The molecule has 0 aromatic heterocycles. The minimum absolute atomic E-state index is 0.0256. The van der Waals surface area contributed by atoms with E-state index in [9.17, 15) is 4.79 Å². The van der Waals surface area contributed by atoms with Gasteiger partial charge in [0.2, 0.25) is 0 Å². The molecule has 1 aliphatic rings. The fourth-order valence-corrected chi connectivity index (χ4v) is 2.97. The fourth-order valence-electron chi connectivity index (χ4n) is 2.45. The average molecular weight is 326 g/mol. The normalized spacial score (nSPS) is 15.8. The first kappa shape index (κ1) is 16.2. The molecule has 3 nitrogen and oxygen atoms in total. The topological polar surface area (TPSA) is 29.5 Å². The van der Waals surface area contributed by atoms with E-state index in [-0.39, 0.29) is 5.91 Å². The molecule has 0 radical (unpaired) electrons. The molecular weight excluding hydrogens is 309 g/mol. The Morgan fingerprint density at radius 3 is 2.48 bits per heavy atom. The van der Waals surface area contributed by atoms with Crippen molar-refractivity contribution in [3.05, 3.63) is 33.8 Å². The van der Waals surface area contributed by atoms with Crippen LogP contribution in [0.2, 0.25) is 10.0 Å². The summed E-state index contributed by atoms with van der Waals surface area (Å²) in [4.78, 5) is 14.3. The van der Waals surface area contributed by atoms with Crippen LogP contribution in [0.15, 0.2) is 18.2 Å². The van der Waals surface area contributed by atoms with Gasteiger partial charge in [0.05, 0.1) is 6.61 Å². The zero-order valence-corrected chi connectivity index (χ0v) is 13.2. The maximum atomic E-state index is 12.4. The van der Waals surface area contributed by atoms with Gasteiger partial charge in [-0.2, -0.15) is 0 Å². The van der Waals surface area contributed by atoms with Gasteiger partial charge in [-0.3, -0.25) is 4.79 Å². The molecule has 2 rings (SSSR count). The van der Waals surface area contributed by atoms with E-state index in [4.69, 9.17) is 34.4 Å². The molecule has 1 heterocycles. The van der Waals surface area contributed by atoms with Crippen molar-refractivity contribution in [2.45, 2.75) is 12.8 Å². The summed E-state index contributed by atoms with van der Waals surface area (Å²) in [7, 11) is 0. The summed E-state index contributed by atoms with van der Waals surface area (Å²) in [6, 6.07) is 4.92. The molecule has 0 bridgehead atoms. The van der Waals surface area contributed by atoms with Crippen LogP contribution in [0.5, 0.6) is 0 Å². The van der Waals surface area contributed by atoms with Crippen LogP contribution in [0.3, 0.4) is 0 Å². The molecule has 0 spiro atoms. The van der Waals surface area contributed by atoms with Gasteiger partial charge in [-0.1, -0.05) is 29.1 Å². The van der Waals surface area contributed by atoms with Crippen LogP contribution in [-0.2, 0) is 4.74 Å². The van der Waals surface area contributed by atoms with Crippen LogP contribution in [0.25, 0.3) is 0 Å². The number of hydrogen-bond donors (Lipinski definition) is 0. The van der Waals surface area contributed by atoms with Crippen molar-refractivity contribution in [3.63, 3.8) is 0 Å². The standard InChI is InChI=1S/C16H17Cl2NO2/c1-2-7-21-11-12-3-5-19(6-4-12)16(20)13-8-14(17)10-15(18)9-13/h1,8-10,12H,3-7,11H2. The highest BCUT2D eigenvalue weighted by Gasteiger charge is 2.24. The second-order valence-corrected chi connectivity index (χ2v) is 5.99. The lowest BCUT2D eigenvalue weighted by atomic mass is 9.97. The third kappa shape index (κ3) is 4.64. The van der Waals surface area contributed by atoms with Gasteiger partial charge in [-0.15, -0.1) is 6.42 Å². The molecule has 0 unspecified atom stereocenters. The lowest BCUT2D eigenvalue weighted by Gasteiger charge is -2.31. The van der Waals surface area contributed by atoms with E-state index in [1.165, 1.54) is 0 Å². The molecule has 5 heteroatoms. The smallest absolute Gasteiger partial charge is 0.253 e. The largest absolute Gasteiger partial charge is 0.369 e. The molecule has 1 fully saturated rings. The van der Waals surface area contributed by atoms with Gasteiger partial charge < -0.3 is 9.64 Å². The van der Waals surface area contributed by atoms with Crippen LogP contribution >= 0.6 is 23.2 Å². The predicted molar refractivity (Wildman–Crippen MR) is 84.7 cm³/mol. The Kier molecular flexibility index (Phi) is 5.93. The molecular formula is C16H17Cl2NO2. The molecule has 21 heavy (non-hydrogen) atoms. The number of piperidine rings is 1. The first-order valence-electron chi connectivity index (χ1n) is 6.86. The van der Waals surface area contributed by atoms with Crippen LogP contribution in [0.4, 0.5) is 0 Å². The Balaban J connectivity index is 1.90. The maximum Gasteiger partial charge on any atom is 0.253 e. The van der Waals surface area contributed by atoms with E-state index in [1.54, 1.807) is 18.2 Å². The Hall–Kier alpha value is -1.21. The van der Waals surface area contributed by atoms with Crippen molar-refractivity contribution in [1.29, 1.82) is 0 Å². The van der Waals surface area contributed by atoms with Crippen molar-refractivity contribution in [3.8, 4) is 12.3 Å². The number of hydrogen-bond acceptors (Lipinski definition) is 2. The van der Waals surface area contributed by atoms with Gasteiger partial charge in [-0.25, -0.2) is 0 Å². The van der Waals surface area contributed by atoms with Gasteiger partial charge in [0.15, 0.2) is 0 Å². The van der Waals surface area contributed by atoms with E-state index in [0.29, 0.717) is 47.8 Å². The number of rotatable bonds is 4. The predicted octanol–water partition coefficient (Wildman–Crippen LogP) is 3.50. The number of nitrogens with zero attached hydrogens (tertiary/aromatic N) is 1. The van der Waals surface area contributed by atoms with E-state index in [2.05, 4.69) is 5.92 Å². The minimum Gasteiger partial charge on any atom is -0.369 e. The monoisotopic (exact) mass is 325 g/mol. The second kappa shape index (κ2) is 7.70. The quantitative estimate of drug-likeness (QED) is 0.626. The highest BCUT2D eigenvalue weighted by molar-refractivity contribution is 6.35. The zero-order valence-electron chi connectivity index (χ0n) is 11.6. The van der Waals surface area contributed by atoms with Crippen molar-refractivity contribution < 1.29 is 9.53 Å². The van der Waals surface area contributed by atoms with Crippen molar-refractivity contribution in [2.24, 2.45) is 5.92 Å². The highest BCUT2D eigenvalue weighted by atomic mass is 35.5. The molecule has 0 aliphatic carbocycles. The molecule has 0 N–H and O–H groups in total. The van der Waals surface area contributed by atoms with Crippen molar-refractivity contribution in [2.75, 3.05) is 26.3 Å². The van der Waals surface area contributed by atoms with E-state index >= 15 is 0 Å². The number of halogens is 2. The number of likely N-dealkylation sites (tertiary alicyclic amines) is 1. The van der Waals surface area contributed by atoms with Gasteiger partial charge in [0.1, 0.15) is 6.61 Å². The SMILES string of the molecule is C#CCOCC1CCN(C(=O)c2cc(Cl)cc(Cl)c2)CC1. The van der Waals surface area contributed by atoms with Crippen LogP contribution < -0.4 is 0 Å². The van der Waals surface area contributed by atoms with Crippen molar-refractivity contribution in [1.82, 2.24) is 4.90 Å². The average Bonchev–Trinajstić information content (AvgIpc) is 2.46. The Morgan fingerprint density at radius 1 is 1.29 bits per heavy atom. The Morgan fingerprint density at radius 2 is 1.90 bits per heavy atom. The number of amides is 1. The molecule has 1 saturated heterocycles. The molecule has 1 aliphatic heterocycles. The summed E-state index contributed by atoms with van der Waals surface area (Å²) in [5.41, 5.74) is 0.537. The number of terminal acetylenes is 1.